The van der Waals surface area contributed by atoms with E-state index in [-0.39, 0.29) is 18.0 Å². The van der Waals surface area contributed by atoms with Crippen LogP contribution in [0.4, 0.5) is 6.01 Å². The molecule has 0 aliphatic carbocycles. The van der Waals surface area contributed by atoms with Crippen molar-refractivity contribution >= 4 is 11.9 Å². The van der Waals surface area contributed by atoms with E-state index in [4.69, 9.17) is 4.52 Å². The molecule has 0 saturated carbocycles. The minimum absolute atomic E-state index is 0.100. The summed E-state index contributed by atoms with van der Waals surface area (Å²) in [4.78, 5) is 28.4. The average Bonchev–Trinajstić information content (AvgIpc) is 3.46. The fourth-order valence-electron chi connectivity index (χ4n) is 4.16. The molecule has 0 spiro atoms. The molecule has 4 heterocycles. The number of aromatic nitrogens is 4. The van der Waals surface area contributed by atoms with E-state index in [9.17, 15) is 4.79 Å². The van der Waals surface area contributed by atoms with Crippen LogP contribution in [0.25, 0.3) is 11.4 Å². The van der Waals surface area contributed by atoms with Crippen molar-refractivity contribution in [1.29, 1.82) is 0 Å². The smallest absolute Gasteiger partial charge is 0.324 e. The zero-order valence-corrected chi connectivity index (χ0v) is 14.8. The fourth-order valence-corrected chi connectivity index (χ4v) is 4.16. The number of carbonyl (C=O) groups is 1. The number of nitrogens with one attached hydrogen (secondary N) is 1. The van der Waals surface area contributed by atoms with Gasteiger partial charge in [-0.3, -0.25) is 4.79 Å². The van der Waals surface area contributed by atoms with Crippen LogP contribution in [-0.2, 0) is 11.2 Å². The Morgan fingerprint density at radius 2 is 2.11 bits per heavy atom. The number of carbonyl (C=O) groups excluding carboxylic acids is 1. The lowest BCUT2D eigenvalue weighted by molar-refractivity contribution is -0.129. The van der Waals surface area contributed by atoms with Crippen molar-refractivity contribution in [2.75, 3.05) is 18.0 Å². The summed E-state index contributed by atoms with van der Waals surface area (Å²) in [5.41, 5.74) is 1.97. The number of hydrogen-bond acceptors (Lipinski definition) is 6. The third-order valence-electron chi connectivity index (χ3n) is 5.48. The highest BCUT2D eigenvalue weighted by Crippen LogP contribution is 2.35. The highest BCUT2D eigenvalue weighted by Gasteiger charge is 2.48. The number of aromatic amines is 1. The van der Waals surface area contributed by atoms with Gasteiger partial charge in [-0.25, -0.2) is 4.98 Å². The number of imidazole rings is 1. The maximum atomic E-state index is 12.6. The fraction of sp³-hybridized carbons (Fsp3) is 0.368. The van der Waals surface area contributed by atoms with Crippen molar-refractivity contribution in [3.63, 3.8) is 0 Å². The maximum absolute atomic E-state index is 12.6. The van der Waals surface area contributed by atoms with Crippen LogP contribution in [0.15, 0.2) is 47.4 Å². The van der Waals surface area contributed by atoms with Gasteiger partial charge in [0.05, 0.1) is 18.4 Å². The summed E-state index contributed by atoms with van der Waals surface area (Å²) in [5.74, 6) is 0.770. The van der Waals surface area contributed by atoms with Crippen molar-refractivity contribution in [1.82, 2.24) is 25.0 Å². The lowest BCUT2D eigenvalue weighted by Gasteiger charge is -2.24. The zero-order valence-electron chi connectivity index (χ0n) is 14.8. The predicted molar refractivity (Wildman–Crippen MR) is 97.9 cm³/mol. The van der Waals surface area contributed by atoms with Gasteiger partial charge in [-0.1, -0.05) is 35.5 Å². The first kappa shape index (κ1) is 16.0. The van der Waals surface area contributed by atoms with Gasteiger partial charge in [-0.2, -0.15) is 4.98 Å². The first-order chi connectivity index (χ1) is 13.3. The molecule has 1 aromatic carbocycles. The molecule has 2 aromatic heterocycles. The van der Waals surface area contributed by atoms with Gasteiger partial charge in [0.2, 0.25) is 11.7 Å². The summed E-state index contributed by atoms with van der Waals surface area (Å²) in [7, 11) is 0. The van der Waals surface area contributed by atoms with Crippen molar-refractivity contribution in [2.24, 2.45) is 0 Å². The minimum Gasteiger partial charge on any atom is -0.348 e. The van der Waals surface area contributed by atoms with Gasteiger partial charge in [-0.05, 0) is 6.42 Å². The van der Waals surface area contributed by atoms with E-state index in [2.05, 4.69) is 25.0 Å². The third-order valence-corrected chi connectivity index (χ3v) is 5.48. The second-order valence-electron chi connectivity index (χ2n) is 7.00. The maximum Gasteiger partial charge on any atom is 0.324 e. The summed E-state index contributed by atoms with van der Waals surface area (Å²) in [6, 6.07) is 10.6. The van der Waals surface area contributed by atoms with Crippen molar-refractivity contribution < 1.29 is 9.32 Å². The molecule has 0 radical (unpaired) electrons. The number of hydrogen-bond donors (Lipinski definition) is 1. The molecule has 1 N–H and O–H groups in total. The molecule has 2 aliphatic rings. The number of nitrogens with zero attached hydrogens (tertiary/aromatic N) is 5. The van der Waals surface area contributed by atoms with Gasteiger partial charge < -0.3 is 19.3 Å². The highest BCUT2D eigenvalue weighted by atomic mass is 16.5. The molecule has 2 aliphatic heterocycles. The summed E-state index contributed by atoms with van der Waals surface area (Å²) < 4.78 is 5.52. The molecule has 2 fully saturated rings. The summed E-state index contributed by atoms with van der Waals surface area (Å²) in [6.45, 7) is 1.52. The van der Waals surface area contributed by atoms with Crippen LogP contribution in [0.2, 0.25) is 0 Å². The van der Waals surface area contributed by atoms with Gasteiger partial charge in [-0.15, -0.1) is 0 Å². The minimum atomic E-state index is 0.100. The molecule has 1 amide bonds. The molecular formula is C19H20N6O2. The molecule has 8 nitrogen and oxygen atoms in total. The summed E-state index contributed by atoms with van der Waals surface area (Å²) in [6.07, 6.45) is 5.68. The Hall–Kier alpha value is -3.16. The Morgan fingerprint density at radius 3 is 2.93 bits per heavy atom. The van der Waals surface area contributed by atoms with Gasteiger partial charge in [0.1, 0.15) is 0 Å². The first-order valence-corrected chi connectivity index (χ1v) is 9.22. The van der Waals surface area contributed by atoms with Crippen molar-refractivity contribution in [2.45, 2.75) is 31.3 Å². The van der Waals surface area contributed by atoms with Crippen LogP contribution in [0.5, 0.6) is 0 Å². The molecule has 8 heteroatoms. The number of likely N-dealkylation sites (tertiary alicyclic amines) is 1. The molecular weight excluding hydrogens is 344 g/mol. The zero-order chi connectivity index (χ0) is 18.2. The quantitative estimate of drug-likeness (QED) is 0.743. The number of benzene rings is 1. The van der Waals surface area contributed by atoms with E-state index in [1.54, 1.807) is 6.33 Å². The number of rotatable bonds is 5. The van der Waals surface area contributed by atoms with Gasteiger partial charge in [0.15, 0.2) is 0 Å². The molecule has 138 valence electrons. The Bertz CT molecular complexity index is 923. The number of H-pyrrole nitrogens is 1. The first-order valence-electron chi connectivity index (χ1n) is 9.22. The number of amides is 1. The normalized spacial score (nSPS) is 21.9. The van der Waals surface area contributed by atoms with E-state index in [0.29, 0.717) is 24.8 Å². The molecule has 0 bridgehead atoms. The number of anilines is 1. The molecule has 2 atom stereocenters. The number of fused-ring (bicyclic) bond motifs is 1. The largest absolute Gasteiger partial charge is 0.348 e. The van der Waals surface area contributed by atoms with E-state index in [1.165, 1.54) is 0 Å². The molecule has 2 saturated heterocycles. The van der Waals surface area contributed by atoms with E-state index in [0.717, 1.165) is 30.6 Å². The standard InChI is InChI=1S/C19H20N6O2/c26-17-10-16-15(24(17)8-6-14-11-20-12-21-14)7-9-25(16)19-22-18(23-27-19)13-4-2-1-3-5-13/h1-5,11-12,15-16H,6-10H2,(H,20,21)/t15-,16-/m0/s1. The van der Waals surface area contributed by atoms with E-state index in [1.807, 2.05) is 41.4 Å². The Morgan fingerprint density at radius 1 is 1.22 bits per heavy atom. The van der Waals surface area contributed by atoms with Crippen LogP contribution in [0.1, 0.15) is 18.5 Å². The molecule has 3 aromatic rings. The Kier molecular flexibility index (Phi) is 3.88. The monoisotopic (exact) mass is 364 g/mol. The third kappa shape index (κ3) is 2.87. The second kappa shape index (κ2) is 6.53. The van der Waals surface area contributed by atoms with Crippen LogP contribution < -0.4 is 4.90 Å². The van der Waals surface area contributed by atoms with Gasteiger partial charge >= 0.3 is 6.01 Å². The highest BCUT2D eigenvalue weighted by molar-refractivity contribution is 5.81. The van der Waals surface area contributed by atoms with Gasteiger partial charge in [0.25, 0.3) is 0 Å². The lowest BCUT2D eigenvalue weighted by atomic mass is 10.1. The summed E-state index contributed by atoms with van der Waals surface area (Å²) >= 11 is 0. The SMILES string of the molecule is O=C1C[C@H]2[C@H](CCN2c2nc(-c3ccccc3)no2)N1CCc1cnc[nH]1. The Balaban J connectivity index is 1.31. The van der Waals surface area contributed by atoms with Gasteiger partial charge in [0, 0.05) is 43.4 Å². The lowest BCUT2D eigenvalue weighted by Crippen LogP contribution is -2.38. The van der Waals surface area contributed by atoms with E-state index >= 15 is 0 Å². The summed E-state index contributed by atoms with van der Waals surface area (Å²) in [5, 5.41) is 4.12. The van der Waals surface area contributed by atoms with Crippen molar-refractivity contribution in [3.8, 4) is 11.4 Å². The molecule has 0 unspecified atom stereocenters. The van der Waals surface area contributed by atoms with Crippen LogP contribution >= 0.6 is 0 Å². The van der Waals surface area contributed by atoms with Crippen LogP contribution in [-0.4, -0.2) is 56.1 Å². The van der Waals surface area contributed by atoms with E-state index < -0.39 is 0 Å². The average molecular weight is 364 g/mol. The molecule has 5 rings (SSSR count). The second-order valence-corrected chi connectivity index (χ2v) is 7.00. The topological polar surface area (TPSA) is 91.2 Å². The van der Waals surface area contributed by atoms with Crippen LogP contribution in [0.3, 0.4) is 0 Å². The Labute approximate surface area is 156 Å². The van der Waals surface area contributed by atoms with Crippen molar-refractivity contribution in [3.05, 3.63) is 48.5 Å². The van der Waals surface area contributed by atoms with Crippen LogP contribution in [0, 0.1) is 0 Å². The predicted octanol–water partition coefficient (Wildman–Crippen LogP) is 1.88. The molecule has 27 heavy (non-hydrogen) atoms.